The lowest BCUT2D eigenvalue weighted by molar-refractivity contribution is -0.137. The van der Waals surface area contributed by atoms with E-state index in [0.29, 0.717) is 5.91 Å². The van der Waals surface area contributed by atoms with Crippen molar-refractivity contribution in [2.75, 3.05) is 53.4 Å². The molecular weight excluding hydrogens is 238 g/mol. The molecule has 0 spiro atoms. The highest BCUT2D eigenvalue weighted by Crippen LogP contribution is 2.22. The van der Waals surface area contributed by atoms with Crippen LogP contribution < -0.4 is 0 Å². The fourth-order valence-electron chi connectivity index (χ4n) is 3.31. The molecule has 2 rings (SSSR count). The highest BCUT2D eigenvalue weighted by atomic mass is 16.2. The Morgan fingerprint density at radius 1 is 1.00 bits per heavy atom. The van der Waals surface area contributed by atoms with Crippen molar-refractivity contribution >= 4 is 5.91 Å². The van der Waals surface area contributed by atoms with Crippen molar-refractivity contribution in [1.82, 2.24) is 14.7 Å². The molecule has 0 N–H and O–H groups in total. The predicted molar refractivity (Wildman–Crippen MR) is 78.1 cm³/mol. The van der Waals surface area contributed by atoms with E-state index in [1.807, 2.05) is 0 Å². The minimum atomic E-state index is 0.163. The number of amides is 1. The maximum absolute atomic E-state index is 12.7. The van der Waals surface area contributed by atoms with Crippen LogP contribution in [0.15, 0.2) is 0 Å². The lowest BCUT2D eigenvalue weighted by Crippen LogP contribution is -2.46. The smallest absolute Gasteiger partial charge is 0.228 e. The van der Waals surface area contributed by atoms with Gasteiger partial charge in [0, 0.05) is 39.3 Å². The molecule has 1 amide bonds. The van der Waals surface area contributed by atoms with Gasteiger partial charge in [-0.1, -0.05) is 13.3 Å². The lowest BCUT2D eigenvalue weighted by atomic mass is 9.93. The third kappa shape index (κ3) is 3.93. The Kier molecular flexibility index (Phi) is 5.22. The molecule has 4 nitrogen and oxygen atoms in total. The third-order valence-electron chi connectivity index (χ3n) is 4.78. The summed E-state index contributed by atoms with van der Waals surface area (Å²) in [6.45, 7) is 8.17. The van der Waals surface area contributed by atoms with Gasteiger partial charge in [-0.3, -0.25) is 4.79 Å². The zero-order chi connectivity index (χ0) is 13.8. The van der Waals surface area contributed by atoms with Gasteiger partial charge >= 0.3 is 0 Å². The Morgan fingerprint density at radius 3 is 2.00 bits per heavy atom. The molecule has 2 aliphatic rings. The second-order valence-corrected chi connectivity index (χ2v) is 6.40. The number of likely N-dealkylation sites (tertiary alicyclic amines) is 1. The number of hydrogen-bond donors (Lipinski definition) is 0. The second kappa shape index (κ2) is 6.71. The summed E-state index contributed by atoms with van der Waals surface area (Å²) in [6.07, 6.45) is 3.65. The van der Waals surface area contributed by atoms with Crippen molar-refractivity contribution < 1.29 is 4.79 Å². The van der Waals surface area contributed by atoms with Gasteiger partial charge in [-0.2, -0.15) is 0 Å². The molecule has 4 heteroatoms. The number of likely N-dealkylation sites (N-methyl/N-ethyl adjacent to an activating group) is 2. The minimum absolute atomic E-state index is 0.163. The molecule has 0 aliphatic carbocycles. The van der Waals surface area contributed by atoms with Gasteiger partial charge in [0.05, 0.1) is 5.92 Å². The summed E-state index contributed by atoms with van der Waals surface area (Å²) in [5.74, 6) is 1.38. The first-order valence-corrected chi connectivity index (χ1v) is 7.76. The summed E-state index contributed by atoms with van der Waals surface area (Å²) >= 11 is 0. The van der Waals surface area contributed by atoms with Crippen LogP contribution in [0.2, 0.25) is 0 Å². The van der Waals surface area contributed by atoms with E-state index in [2.05, 4.69) is 35.7 Å². The maximum atomic E-state index is 12.7. The molecule has 2 aliphatic heterocycles. The van der Waals surface area contributed by atoms with Crippen molar-refractivity contribution in [2.45, 2.75) is 26.2 Å². The van der Waals surface area contributed by atoms with Crippen LogP contribution in [-0.2, 0) is 4.79 Å². The lowest BCUT2D eigenvalue weighted by Gasteiger charge is -2.34. The molecule has 0 bridgehead atoms. The number of nitrogens with zero attached hydrogens (tertiary/aromatic N) is 3. The summed E-state index contributed by atoms with van der Waals surface area (Å²) in [5.41, 5.74) is 0. The van der Waals surface area contributed by atoms with Crippen molar-refractivity contribution in [3.63, 3.8) is 0 Å². The van der Waals surface area contributed by atoms with Crippen LogP contribution in [0.25, 0.3) is 0 Å². The Morgan fingerprint density at radius 2 is 1.53 bits per heavy atom. The third-order valence-corrected chi connectivity index (χ3v) is 4.78. The molecular formula is C15H29N3O. The van der Waals surface area contributed by atoms with Crippen LogP contribution in [0.5, 0.6) is 0 Å². The van der Waals surface area contributed by atoms with E-state index in [4.69, 9.17) is 0 Å². The predicted octanol–water partition coefficient (Wildman–Crippen LogP) is 1.13. The molecule has 0 aromatic rings. The SMILES string of the molecule is CCC1CCN(C(=O)C2CN(C)CCN(C)C2)CC1. The summed E-state index contributed by atoms with van der Waals surface area (Å²) in [5, 5.41) is 0. The highest BCUT2D eigenvalue weighted by Gasteiger charge is 2.30. The molecule has 110 valence electrons. The van der Waals surface area contributed by atoms with Crippen LogP contribution in [0.3, 0.4) is 0 Å². The molecule has 0 radical (unpaired) electrons. The van der Waals surface area contributed by atoms with Gasteiger partial charge in [-0.15, -0.1) is 0 Å². The number of piperidine rings is 1. The molecule has 0 aromatic heterocycles. The van der Waals surface area contributed by atoms with Gasteiger partial charge in [-0.05, 0) is 32.9 Å². The van der Waals surface area contributed by atoms with Gasteiger partial charge in [0.25, 0.3) is 0 Å². The molecule has 0 saturated carbocycles. The van der Waals surface area contributed by atoms with Crippen LogP contribution in [0, 0.1) is 11.8 Å². The van der Waals surface area contributed by atoms with Crippen LogP contribution in [-0.4, -0.2) is 74.0 Å². The number of carbonyl (C=O) groups is 1. The molecule has 19 heavy (non-hydrogen) atoms. The molecule has 0 unspecified atom stereocenters. The maximum Gasteiger partial charge on any atom is 0.228 e. The van der Waals surface area contributed by atoms with Crippen molar-refractivity contribution in [2.24, 2.45) is 11.8 Å². The number of carbonyl (C=O) groups excluding carboxylic acids is 1. The Hall–Kier alpha value is -0.610. The zero-order valence-electron chi connectivity index (χ0n) is 12.8. The first-order valence-electron chi connectivity index (χ1n) is 7.76. The average Bonchev–Trinajstić information content (AvgIpc) is 2.60. The largest absolute Gasteiger partial charge is 0.342 e. The normalized spacial score (nSPS) is 25.5. The monoisotopic (exact) mass is 267 g/mol. The van der Waals surface area contributed by atoms with E-state index < -0.39 is 0 Å². The van der Waals surface area contributed by atoms with Crippen LogP contribution >= 0.6 is 0 Å². The summed E-state index contributed by atoms with van der Waals surface area (Å²) < 4.78 is 0. The van der Waals surface area contributed by atoms with E-state index in [1.54, 1.807) is 0 Å². The first kappa shape index (κ1) is 14.8. The fourth-order valence-corrected chi connectivity index (χ4v) is 3.31. The first-order chi connectivity index (χ1) is 9.10. The Labute approximate surface area is 117 Å². The van der Waals surface area contributed by atoms with E-state index in [9.17, 15) is 4.79 Å². The zero-order valence-corrected chi connectivity index (χ0v) is 12.8. The van der Waals surface area contributed by atoms with E-state index in [-0.39, 0.29) is 5.92 Å². The molecule has 0 aromatic carbocycles. The quantitative estimate of drug-likeness (QED) is 0.750. The summed E-state index contributed by atoms with van der Waals surface area (Å²) in [4.78, 5) is 19.4. The van der Waals surface area contributed by atoms with E-state index in [1.165, 1.54) is 19.3 Å². The number of rotatable bonds is 2. The van der Waals surface area contributed by atoms with Gasteiger partial charge in [0.2, 0.25) is 5.91 Å². The second-order valence-electron chi connectivity index (χ2n) is 6.40. The van der Waals surface area contributed by atoms with Gasteiger partial charge in [0.1, 0.15) is 0 Å². The van der Waals surface area contributed by atoms with Gasteiger partial charge in [-0.25, -0.2) is 0 Å². The molecule has 2 heterocycles. The van der Waals surface area contributed by atoms with E-state index >= 15 is 0 Å². The van der Waals surface area contributed by atoms with Crippen molar-refractivity contribution in [3.05, 3.63) is 0 Å². The van der Waals surface area contributed by atoms with Crippen molar-refractivity contribution in [1.29, 1.82) is 0 Å². The minimum Gasteiger partial charge on any atom is -0.342 e. The van der Waals surface area contributed by atoms with Crippen molar-refractivity contribution in [3.8, 4) is 0 Å². The molecule has 0 atom stereocenters. The topological polar surface area (TPSA) is 26.8 Å². The van der Waals surface area contributed by atoms with E-state index in [0.717, 1.165) is 45.2 Å². The number of hydrogen-bond acceptors (Lipinski definition) is 3. The Bertz CT molecular complexity index is 288. The van der Waals surface area contributed by atoms with Crippen LogP contribution in [0.4, 0.5) is 0 Å². The van der Waals surface area contributed by atoms with Gasteiger partial charge < -0.3 is 14.7 Å². The molecule has 2 fully saturated rings. The average molecular weight is 267 g/mol. The Balaban J connectivity index is 1.91. The summed E-state index contributed by atoms with van der Waals surface area (Å²) in [6, 6.07) is 0. The van der Waals surface area contributed by atoms with Gasteiger partial charge in [0.15, 0.2) is 0 Å². The molecule has 2 saturated heterocycles. The van der Waals surface area contributed by atoms with Crippen LogP contribution in [0.1, 0.15) is 26.2 Å². The standard InChI is InChI=1S/C15H29N3O/c1-4-13-5-7-18(8-6-13)15(19)14-11-16(2)9-10-17(3)12-14/h13-14H,4-12H2,1-3H3. The fraction of sp³-hybridized carbons (Fsp3) is 0.933. The highest BCUT2D eigenvalue weighted by molar-refractivity contribution is 5.79. The summed E-state index contributed by atoms with van der Waals surface area (Å²) in [7, 11) is 4.26.